The fourth-order valence-electron chi connectivity index (χ4n) is 2.78. The van der Waals surface area contributed by atoms with Crippen molar-refractivity contribution >= 4 is 0 Å². The SMILES string of the molecule is c1ccc(-c2nnc(CN3CCOC(Cn4ccnn4)C3)o2)cc1. The maximum Gasteiger partial charge on any atom is 0.247 e. The van der Waals surface area contributed by atoms with Crippen LogP contribution in [0.2, 0.25) is 0 Å². The van der Waals surface area contributed by atoms with Crippen molar-refractivity contribution in [1.29, 1.82) is 0 Å². The smallest absolute Gasteiger partial charge is 0.247 e. The Morgan fingerprint density at radius 1 is 1.17 bits per heavy atom. The molecule has 0 radical (unpaired) electrons. The first kappa shape index (κ1) is 15.0. The van der Waals surface area contributed by atoms with Crippen LogP contribution in [-0.2, 0) is 17.8 Å². The number of nitrogens with zero attached hydrogens (tertiary/aromatic N) is 6. The van der Waals surface area contributed by atoms with Crippen LogP contribution in [0.25, 0.3) is 11.5 Å². The molecule has 1 unspecified atom stereocenters. The lowest BCUT2D eigenvalue weighted by atomic mass is 10.2. The van der Waals surface area contributed by atoms with Gasteiger partial charge < -0.3 is 9.15 Å². The molecule has 1 aromatic carbocycles. The van der Waals surface area contributed by atoms with E-state index >= 15 is 0 Å². The molecule has 0 bridgehead atoms. The van der Waals surface area contributed by atoms with Crippen molar-refractivity contribution in [2.75, 3.05) is 19.7 Å². The summed E-state index contributed by atoms with van der Waals surface area (Å²) in [6.45, 7) is 3.63. The van der Waals surface area contributed by atoms with Crippen molar-refractivity contribution in [3.8, 4) is 11.5 Å². The van der Waals surface area contributed by atoms with E-state index in [1.54, 1.807) is 10.9 Å². The minimum absolute atomic E-state index is 0.0805. The van der Waals surface area contributed by atoms with Crippen LogP contribution in [0.15, 0.2) is 47.1 Å². The molecule has 1 aliphatic heterocycles. The van der Waals surface area contributed by atoms with Crippen molar-refractivity contribution in [1.82, 2.24) is 30.1 Å². The summed E-state index contributed by atoms with van der Waals surface area (Å²) in [6.07, 6.45) is 3.59. The van der Waals surface area contributed by atoms with E-state index in [2.05, 4.69) is 25.4 Å². The number of benzene rings is 1. The lowest BCUT2D eigenvalue weighted by Gasteiger charge is -2.31. The number of hydrogen-bond acceptors (Lipinski definition) is 7. The Bertz CT molecular complexity index is 758. The molecule has 24 heavy (non-hydrogen) atoms. The maximum atomic E-state index is 5.80. The highest BCUT2D eigenvalue weighted by Gasteiger charge is 2.23. The van der Waals surface area contributed by atoms with Crippen LogP contribution in [0, 0.1) is 0 Å². The van der Waals surface area contributed by atoms with Gasteiger partial charge in [-0.25, -0.2) is 4.68 Å². The highest BCUT2D eigenvalue weighted by molar-refractivity contribution is 5.51. The lowest BCUT2D eigenvalue weighted by molar-refractivity contribution is -0.0424. The van der Waals surface area contributed by atoms with Gasteiger partial charge in [0.05, 0.1) is 32.0 Å². The van der Waals surface area contributed by atoms with E-state index in [1.807, 2.05) is 36.5 Å². The van der Waals surface area contributed by atoms with Gasteiger partial charge in [0.25, 0.3) is 0 Å². The molecule has 0 spiro atoms. The van der Waals surface area contributed by atoms with Crippen molar-refractivity contribution < 1.29 is 9.15 Å². The average Bonchev–Trinajstić information content (AvgIpc) is 3.28. The van der Waals surface area contributed by atoms with E-state index in [4.69, 9.17) is 9.15 Å². The molecular formula is C16H18N6O2. The molecule has 8 nitrogen and oxygen atoms in total. The van der Waals surface area contributed by atoms with Crippen LogP contribution in [0.5, 0.6) is 0 Å². The zero-order valence-electron chi connectivity index (χ0n) is 13.2. The predicted octanol–water partition coefficient (Wildman–Crippen LogP) is 1.23. The molecule has 0 aliphatic carbocycles. The van der Waals surface area contributed by atoms with Crippen molar-refractivity contribution in [2.45, 2.75) is 19.2 Å². The summed E-state index contributed by atoms with van der Waals surface area (Å²) in [5, 5.41) is 16.1. The molecule has 1 saturated heterocycles. The first-order valence-corrected chi connectivity index (χ1v) is 7.93. The van der Waals surface area contributed by atoms with Crippen LogP contribution in [0.3, 0.4) is 0 Å². The largest absolute Gasteiger partial charge is 0.419 e. The third-order valence-corrected chi connectivity index (χ3v) is 3.93. The molecule has 0 saturated carbocycles. The van der Waals surface area contributed by atoms with Crippen LogP contribution < -0.4 is 0 Å². The summed E-state index contributed by atoms with van der Waals surface area (Å²) in [7, 11) is 0. The average molecular weight is 326 g/mol. The van der Waals surface area contributed by atoms with Gasteiger partial charge in [0.2, 0.25) is 11.8 Å². The summed E-state index contributed by atoms with van der Waals surface area (Å²) in [4.78, 5) is 2.26. The van der Waals surface area contributed by atoms with Crippen LogP contribution in [0.4, 0.5) is 0 Å². The normalized spacial score (nSPS) is 18.8. The second-order valence-electron chi connectivity index (χ2n) is 5.72. The third kappa shape index (κ3) is 3.50. The van der Waals surface area contributed by atoms with Gasteiger partial charge in [0.15, 0.2) is 0 Å². The van der Waals surface area contributed by atoms with Gasteiger partial charge in [0, 0.05) is 24.8 Å². The molecule has 2 aromatic heterocycles. The molecule has 124 valence electrons. The van der Waals surface area contributed by atoms with Gasteiger partial charge in [-0.1, -0.05) is 23.4 Å². The van der Waals surface area contributed by atoms with E-state index in [1.165, 1.54) is 0 Å². The fraction of sp³-hybridized carbons (Fsp3) is 0.375. The summed E-state index contributed by atoms with van der Waals surface area (Å²) in [5.74, 6) is 1.17. The van der Waals surface area contributed by atoms with Crippen molar-refractivity contribution in [2.24, 2.45) is 0 Å². The van der Waals surface area contributed by atoms with Gasteiger partial charge in [-0.15, -0.1) is 15.3 Å². The first-order valence-electron chi connectivity index (χ1n) is 7.93. The minimum atomic E-state index is 0.0805. The molecule has 8 heteroatoms. The van der Waals surface area contributed by atoms with Gasteiger partial charge in [-0.05, 0) is 12.1 Å². The highest BCUT2D eigenvalue weighted by atomic mass is 16.5. The number of aromatic nitrogens is 5. The highest BCUT2D eigenvalue weighted by Crippen LogP contribution is 2.18. The van der Waals surface area contributed by atoms with Crippen molar-refractivity contribution in [3.05, 3.63) is 48.6 Å². The Kier molecular flexibility index (Phi) is 4.30. The monoisotopic (exact) mass is 326 g/mol. The van der Waals surface area contributed by atoms with Crippen LogP contribution >= 0.6 is 0 Å². The molecule has 1 atom stereocenters. The molecule has 3 aromatic rings. The Balaban J connectivity index is 1.37. The molecular weight excluding hydrogens is 308 g/mol. The molecule has 0 N–H and O–H groups in total. The minimum Gasteiger partial charge on any atom is -0.419 e. The van der Waals surface area contributed by atoms with Crippen LogP contribution in [0.1, 0.15) is 5.89 Å². The summed E-state index contributed by atoms with van der Waals surface area (Å²) < 4.78 is 13.4. The molecule has 4 rings (SSSR count). The number of ether oxygens (including phenoxy) is 1. The molecule has 3 heterocycles. The summed E-state index contributed by atoms with van der Waals surface area (Å²) >= 11 is 0. The summed E-state index contributed by atoms with van der Waals surface area (Å²) in [5.41, 5.74) is 0.933. The Labute approximate surface area is 139 Å². The molecule has 1 aliphatic rings. The van der Waals surface area contributed by atoms with Gasteiger partial charge in [-0.3, -0.25) is 4.90 Å². The quantitative estimate of drug-likeness (QED) is 0.697. The number of morpholine rings is 1. The predicted molar refractivity (Wildman–Crippen MR) is 84.8 cm³/mol. The number of hydrogen-bond donors (Lipinski definition) is 0. The zero-order chi connectivity index (χ0) is 16.2. The van der Waals surface area contributed by atoms with Crippen molar-refractivity contribution in [3.63, 3.8) is 0 Å². The number of rotatable bonds is 5. The van der Waals surface area contributed by atoms with Gasteiger partial charge in [0.1, 0.15) is 0 Å². The van der Waals surface area contributed by atoms with E-state index in [0.29, 0.717) is 31.5 Å². The Morgan fingerprint density at radius 3 is 2.92 bits per heavy atom. The zero-order valence-corrected chi connectivity index (χ0v) is 13.2. The van der Waals surface area contributed by atoms with E-state index in [-0.39, 0.29) is 6.10 Å². The van der Waals surface area contributed by atoms with E-state index < -0.39 is 0 Å². The maximum absolute atomic E-state index is 5.80. The van der Waals surface area contributed by atoms with Crippen LogP contribution in [-0.4, -0.2) is 55.9 Å². The first-order chi connectivity index (χ1) is 11.9. The van der Waals surface area contributed by atoms with Gasteiger partial charge in [-0.2, -0.15) is 0 Å². The third-order valence-electron chi connectivity index (χ3n) is 3.93. The standard InChI is InChI=1S/C16H18N6O2/c1-2-4-13(5-3-1)16-19-18-15(24-16)12-21-8-9-23-14(10-21)11-22-7-6-17-20-22/h1-7,14H,8-12H2. The molecule has 1 fully saturated rings. The Hall–Kier alpha value is -2.58. The van der Waals surface area contributed by atoms with Gasteiger partial charge >= 0.3 is 0 Å². The van der Waals surface area contributed by atoms with E-state index in [0.717, 1.165) is 18.7 Å². The molecule has 0 amide bonds. The fourth-order valence-corrected chi connectivity index (χ4v) is 2.78. The second-order valence-corrected chi connectivity index (χ2v) is 5.72. The van der Waals surface area contributed by atoms with E-state index in [9.17, 15) is 0 Å². The lowest BCUT2D eigenvalue weighted by Crippen LogP contribution is -2.43. The summed E-state index contributed by atoms with van der Waals surface area (Å²) in [6, 6.07) is 9.79. The second kappa shape index (κ2) is 6.90. The Morgan fingerprint density at radius 2 is 2.08 bits per heavy atom. The topological polar surface area (TPSA) is 82.1 Å².